The van der Waals surface area contributed by atoms with Crippen LogP contribution in [0.5, 0.6) is 5.75 Å². The molecule has 4 aromatic rings. The molecule has 3 aliphatic rings. The largest absolute Gasteiger partial charge is 0.496 e. The van der Waals surface area contributed by atoms with Gasteiger partial charge < -0.3 is 24.4 Å². The molecule has 7 rings (SSSR count). The number of aliphatic hydroxyl groups is 1. The number of hydrogen-bond donors (Lipinski definition) is 1. The highest BCUT2D eigenvalue weighted by Gasteiger charge is 2.59. The van der Waals surface area contributed by atoms with E-state index in [2.05, 4.69) is 11.0 Å². The molecule has 1 N–H and O–H groups in total. The lowest BCUT2D eigenvalue weighted by Gasteiger charge is -2.53. The molecule has 236 valence electrons. The highest BCUT2D eigenvalue weighted by molar-refractivity contribution is 6.09. The predicted molar refractivity (Wildman–Crippen MR) is 176 cm³/mol. The number of fused-ring (bicyclic) bond motifs is 3. The third-order valence-corrected chi connectivity index (χ3v) is 9.81. The van der Waals surface area contributed by atoms with Crippen LogP contribution < -0.4 is 9.64 Å². The van der Waals surface area contributed by atoms with Gasteiger partial charge in [-0.3, -0.25) is 14.5 Å². The van der Waals surface area contributed by atoms with Crippen LogP contribution in [0.15, 0.2) is 97.1 Å². The zero-order chi connectivity index (χ0) is 31.7. The summed E-state index contributed by atoms with van der Waals surface area (Å²) in [5.41, 5.74) is 4.66. The normalized spacial score (nSPS) is 21.3. The van der Waals surface area contributed by atoms with Crippen molar-refractivity contribution in [2.24, 2.45) is 0 Å². The Morgan fingerprint density at radius 3 is 2.37 bits per heavy atom. The Labute approximate surface area is 269 Å². The smallest absolute Gasteiger partial charge is 0.255 e. The molecule has 1 spiro atoms. The number of para-hydroxylation sites is 2. The molecule has 0 saturated carbocycles. The van der Waals surface area contributed by atoms with Crippen LogP contribution in [0.3, 0.4) is 0 Å². The van der Waals surface area contributed by atoms with Crippen molar-refractivity contribution < 1.29 is 24.2 Å². The number of carbonyl (C=O) groups is 2. The lowest BCUT2D eigenvalue weighted by molar-refractivity contribution is -0.128. The highest BCUT2D eigenvalue weighted by Crippen LogP contribution is 2.54. The van der Waals surface area contributed by atoms with Gasteiger partial charge in [-0.05, 0) is 46.9 Å². The van der Waals surface area contributed by atoms with Gasteiger partial charge in [0, 0.05) is 43.0 Å². The quantitative estimate of drug-likeness (QED) is 0.308. The summed E-state index contributed by atoms with van der Waals surface area (Å²) in [6, 6.07) is 30.6. The van der Waals surface area contributed by atoms with Gasteiger partial charge in [0.2, 0.25) is 5.91 Å². The Morgan fingerprint density at radius 2 is 1.59 bits per heavy atom. The van der Waals surface area contributed by atoms with Crippen LogP contribution in [0.1, 0.15) is 44.2 Å². The van der Waals surface area contributed by atoms with Gasteiger partial charge in [0.25, 0.3) is 5.91 Å². The molecule has 2 amide bonds. The molecular formula is C38H39N3O5. The molecule has 8 nitrogen and oxygen atoms in total. The van der Waals surface area contributed by atoms with Gasteiger partial charge in [0.1, 0.15) is 11.2 Å². The van der Waals surface area contributed by atoms with Gasteiger partial charge in [-0.25, -0.2) is 0 Å². The number of ether oxygens (including phenoxy) is 2. The molecule has 0 aliphatic carbocycles. The first-order valence-electron chi connectivity index (χ1n) is 16.0. The van der Waals surface area contributed by atoms with Gasteiger partial charge in [-0.15, -0.1) is 0 Å². The molecular weight excluding hydrogens is 578 g/mol. The summed E-state index contributed by atoms with van der Waals surface area (Å²) in [7, 11) is 1.63. The lowest BCUT2D eigenvalue weighted by Crippen LogP contribution is -2.63. The van der Waals surface area contributed by atoms with E-state index in [4.69, 9.17) is 9.47 Å². The fourth-order valence-corrected chi connectivity index (χ4v) is 7.56. The average Bonchev–Trinajstić information content (AvgIpc) is 3.11. The van der Waals surface area contributed by atoms with Crippen molar-refractivity contribution >= 4 is 17.5 Å². The second-order valence-electron chi connectivity index (χ2n) is 12.3. The Bertz CT molecular complexity index is 1730. The van der Waals surface area contributed by atoms with Gasteiger partial charge in [0.15, 0.2) is 0 Å². The molecule has 0 aromatic heterocycles. The minimum absolute atomic E-state index is 0.0133. The minimum atomic E-state index is -1.10. The number of methoxy groups -OCH3 is 1. The molecule has 46 heavy (non-hydrogen) atoms. The molecule has 3 aliphatic heterocycles. The predicted octanol–water partition coefficient (Wildman–Crippen LogP) is 4.74. The van der Waals surface area contributed by atoms with Crippen LogP contribution in [0.2, 0.25) is 0 Å². The monoisotopic (exact) mass is 617 g/mol. The standard InChI is InChI=1S/C38H39N3O5/c1-45-34-13-7-3-9-30(34)25-41-35(28-16-14-27(26-42)15-17-28)38(32-11-5-4-10-31(32)36(41)43)24-29-8-2-6-12-33(29)40(37(38)44)19-18-39-20-22-46-23-21-39/h2-17,35,42H,18-26H2,1H3/t35-,38-/m0/s1. The maximum atomic E-state index is 15.5. The maximum Gasteiger partial charge on any atom is 0.255 e. The number of amides is 2. The molecule has 2 atom stereocenters. The van der Waals surface area contributed by atoms with Gasteiger partial charge in [-0.1, -0.05) is 78.9 Å². The van der Waals surface area contributed by atoms with Crippen molar-refractivity contribution in [2.45, 2.75) is 31.0 Å². The van der Waals surface area contributed by atoms with Crippen molar-refractivity contribution in [2.75, 3.05) is 51.4 Å². The number of aliphatic hydroxyl groups excluding tert-OH is 1. The molecule has 0 unspecified atom stereocenters. The molecule has 4 aromatic carbocycles. The number of benzene rings is 4. The van der Waals surface area contributed by atoms with E-state index in [0.717, 1.165) is 53.1 Å². The van der Waals surface area contributed by atoms with Gasteiger partial charge >= 0.3 is 0 Å². The summed E-state index contributed by atoms with van der Waals surface area (Å²) in [6.07, 6.45) is 0.440. The highest BCUT2D eigenvalue weighted by atomic mass is 16.5. The van der Waals surface area contributed by atoms with Crippen LogP contribution >= 0.6 is 0 Å². The zero-order valence-electron chi connectivity index (χ0n) is 26.1. The van der Waals surface area contributed by atoms with E-state index < -0.39 is 11.5 Å². The Kier molecular flexibility index (Phi) is 8.34. The van der Waals surface area contributed by atoms with E-state index in [1.165, 1.54) is 0 Å². The molecule has 0 radical (unpaired) electrons. The number of anilines is 1. The SMILES string of the molecule is COc1ccccc1CN1C(=O)c2ccccc2[C@@]2(Cc3ccccc3N(CCN3CCOCC3)C2=O)[C@@H]1c1ccc(CO)cc1. The Morgan fingerprint density at radius 1 is 0.870 bits per heavy atom. The van der Waals surface area contributed by atoms with E-state index in [0.29, 0.717) is 37.5 Å². The maximum absolute atomic E-state index is 15.5. The molecule has 1 fully saturated rings. The van der Waals surface area contributed by atoms with Crippen molar-refractivity contribution in [3.63, 3.8) is 0 Å². The van der Waals surface area contributed by atoms with Gasteiger partial charge in [0.05, 0.1) is 39.5 Å². The summed E-state index contributed by atoms with van der Waals surface area (Å²) in [6.45, 7) is 4.45. The van der Waals surface area contributed by atoms with Crippen molar-refractivity contribution in [3.8, 4) is 5.75 Å². The number of nitrogens with zero attached hydrogens (tertiary/aromatic N) is 3. The van der Waals surface area contributed by atoms with Crippen LogP contribution in [0.4, 0.5) is 5.69 Å². The second-order valence-corrected chi connectivity index (χ2v) is 12.3. The Hall–Kier alpha value is -4.50. The first-order chi connectivity index (χ1) is 22.5. The molecule has 8 heteroatoms. The number of rotatable bonds is 8. The number of morpholine rings is 1. The average molecular weight is 618 g/mol. The van der Waals surface area contributed by atoms with Crippen LogP contribution in [0.25, 0.3) is 0 Å². The van der Waals surface area contributed by atoms with E-state index in [1.807, 2.05) is 101 Å². The first kappa shape index (κ1) is 30.2. The second kappa shape index (κ2) is 12.7. The first-order valence-corrected chi connectivity index (χ1v) is 16.0. The van der Waals surface area contributed by atoms with Crippen molar-refractivity contribution in [1.82, 2.24) is 9.80 Å². The van der Waals surface area contributed by atoms with Crippen LogP contribution in [0, 0.1) is 0 Å². The molecule has 0 bridgehead atoms. The van der Waals surface area contributed by atoms with Crippen molar-refractivity contribution in [3.05, 3.63) is 130 Å². The number of hydrogen-bond acceptors (Lipinski definition) is 6. The zero-order valence-corrected chi connectivity index (χ0v) is 26.1. The lowest BCUT2D eigenvalue weighted by atomic mass is 9.61. The Balaban J connectivity index is 1.43. The fraction of sp³-hybridized carbons (Fsp3) is 0.316. The summed E-state index contributed by atoms with van der Waals surface area (Å²) in [4.78, 5) is 36.3. The fourth-order valence-electron chi connectivity index (χ4n) is 7.56. The van der Waals surface area contributed by atoms with Crippen LogP contribution in [-0.2, 0) is 34.5 Å². The van der Waals surface area contributed by atoms with Crippen molar-refractivity contribution in [1.29, 1.82) is 0 Å². The number of carbonyl (C=O) groups excluding carboxylic acids is 2. The van der Waals surface area contributed by atoms with Gasteiger partial charge in [-0.2, -0.15) is 0 Å². The summed E-state index contributed by atoms with van der Waals surface area (Å²) >= 11 is 0. The van der Waals surface area contributed by atoms with E-state index in [1.54, 1.807) is 7.11 Å². The summed E-state index contributed by atoms with van der Waals surface area (Å²) in [5.74, 6) is 0.542. The minimum Gasteiger partial charge on any atom is -0.496 e. The summed E-state index contributed by atoms with van der Waals surface area (Å²) in [5, 5.41) is 9.86. The third kappa shape index (κ3) is 5.16. The summed E-state index contributed by atoms with van der Waals surface area (Å²) < 4.78 is 11.3. The third-order valence-electron chi connectivity index (χ3n) is 9.81. The van der Waals surface area contributed by atoms with Crippen LogP contribution in [-0.4, -0.2) is 73.2 Å². The van der Waals surface area contributed by atoms with E-state index >= 15 is 4.79 Å². The van der Waals surface area contributed by atoms with E-state index in [-0.39, 0.29) is 25.0 Å². The topological polar surface area (TPSA) is 82.5 Å². The van der Waals surface area contributed by atoms with E-state index in [9.17, 15) is 9.90 Å². The molecule has 3 heterocycles. The molecule has 1 saturated heterocycles.